The third-order valence-electron chi connectivity index (χ3n) is 4.88. The van der Waals surface area contributed by atoms with Crippen LogP contribution in [0.2, 0.25) is 0 Å². The molecule has 1 aliphatic heterocycles. The number of carbonyl (C=O) groups is 3. The molecule has 1 N–H and O–H groups in total. The summed E-state index contributed by atoms with van der Waals surface area (Å²) in [4.78, 5) is 43.9. The molecule has 0 bridgehead atoms. The number of aryl methyl sites for hydroxylation is 1. The molecule has 8 nitrogen and oxygen atoms in total. The van der Waals surface area contributed by atoms with Gasteiger partial charge in [0.2, 0.25) is 0 Å². The smallest absolute Gasteiger partial charge is 0.350 e. The van der Waals surface area contributed by atoms with Crippen LogP contribution in [0.5, 0.6) is 0 Å². The van der Waals surface area contributed by atoms with Crippen LogP contribution < -0.4 is 4.90 Å². The van der Waals surface area contributed by atoms with E-state index in [0.29, 0.717) is 5.69 Å². The van der Waals surface area contributed by atoms with Crippen molar-refractivity contribution in [1.82, 2.24) is 4.98 Å². The van der Waals surface area contributed by atoms with Crippen LogP contribution in [0, 0.1) is 12.7 Å². The van der Waals surface area contributed by atoms with Gasteiger partial charge in [0.1, 0.15) is 34.9 Å². The Morgan fingerprint density at radius 3 is 2.70 bits per heavy atom. The topological polar surface area (TPSA) is 110 Å². The van der Waals surface area contributed by atoms with Crippen LogP contribution >= 0.6 is 11.3 Å². The molecule has 0 saturated carbocycles. The number of aliphatic hydroxyl groups excluding tert-OH is 1. The van der Waals surface area contributed by atoms with E-state index in [1.54, 1.807) is 19.1 Å². The molecule has 10 heteroatoms. The Balaban J connectivity index is 1.84. The van der Waals surface area contributed by atoms with Crippen molar-refractivity contribution < 1.29 is 33.0 Å². The molecule has 1 amide bonds. The number of aromatic nitrogens is 1. The van der Waals surface area contributed by atoms with Gasteiger partial charge in [-0.25, -0.2) is 14.2 Å². The minimum atomic E-state index is -1.15. The second-order valence-corrected chi connectivity index (χ2v) is 7.97. The summed E-state index contributed by atoms with van der Waals surface area (Å²) < 4.78 is 23.9. The number of aliphatic hydroxyl groups is 1. The summed E-state index contributed by atoms with van der Waals surface area (Å²) >= 11 is 0.871. The van der Waals surface area contributed by atoms with Crippen LogP contribution in [-0.2, 0) is 14.3 Å². The van der Waals surface area contributed by atoms with Gasteiger partial charge < -0.3 is 14.3 Å². The molecule has 33 heavy (non-hydrogen) atoms. The Morgan fingerprint density at radius 2 is 2.06 bits per heavy atom. The first kappa shape index (κ1) is 22.2. The van der Waals surface area contributed by atoms with E-state index in [4.69, 9.17) is 9.15 Å². The largest absolute Gasteiger partial charge is 0.507 e. The van der Waals surface area contributed by atoms with E-state index in [1.807, 2.05) is 0 Å². The van der Waals surface area contributed by atoms with Gasteiger partial charge in [-0.3, -0.25) is 14.5 Å². The van der Waals surface area contributed by atoms with Crippen molar-refractivity contribution in [2.75, 3.05) is 11.5 Å². The van der Waals surface area contributed by atoms with Crippen LogP contribution in [0.25, 0.3) is 5.76 Å². The molecule has 1 atom stereocenters. The molecule has 3 heterocycles. The number of rotatable bonds is 6. The predicted octanol–water partition coefficient (Wildman–Crippen LogP) is 4.15. The van der Waals surface area contributed by atoms with Crippen LogP contribution in [0.1, 0.15) is 32.7 Å². The number of thiazole rings is 1. The third-order valence-corrected chi connectivity index (χ3v) is 6.02. The Kier molecular flexibility index (Phi) is 5.93. The summed E-state index contributed by atoms with van der Waals surface area (Å²) in [5, 5.41) is 10.9. The molecule has 1 fully saturated rings. The number of nitrogens with zero attached hydrogens (tertiary/aromatic N) is 2. The Hall–Kier alpha value is -4.05. The number of esters is 1. The lowest BCUT2D eigenvalue weighted by Crippen LogP contribution is -2.29. The van der Waals surface area contributed by atoms with Crippen molar-refractivity contribution in [3.63, 3.8) is 0 Å². The van der Waals surface area contributed by atoms with E-state index >= 15 is 0 Å². The summed E-state index contributed by atoms with van der Waals surface area (Å²) in [5.74, 6) is -3.39. The van der Waals surface area contributed by atoms with Gasteiger partial charge in [-0.2, -0.15) is 0 Å². The van der Waals surface area contributed by atoms with E-state index in [0.717, 1.165) is 28.4 Å². The molecule has 1 unspecified atom stereocenters. The first-order chi connectivity index (χ1) is 15.8. The molecule has 1 saturated heterocycles. The Morgan fingerprint density at radius 1 is 1.33 bits per heavy atom. The van der Waals surface area contributed by atoms with Crippen LogP contribution in [-0.4, -0.2) is 34.4 Å². The number of ether oxygens (including phenoxy) is 1. The molecule has 1 aromatic carbocycles. The van der Waals surface area contributed by atoms with Gasteiger partial charge in [0, 0.05) is 5.56 Å². The number of anilines is 1. The van der Waals surface area contributed by atoms with Crippen molar-refractivity contribution in [2.45, 2.75) is 13.0 Å². The highest BCUT2D eigenvalue weighted by Crippen LogP contribution is 2.44. The number of hydrogen-bond acceptors (Lipinski definition) is 8. The SMILES string of the molecule is C=CCOC(=O)c1sc(N2C(=O)C(=O)/C(=C(/O)c3ccc(F)cc3)C2c2ccco2)nc1C. The maximum atomic E-state index is 13.3. The highest BCUT2D eigenvalue weighted by atomic mass is 32.1. The lowest BCUT2D eigenvalue weighted by molar-refractivity contribution is -0.132. The predicted molar refractivity (Wildman–Crippen MR) is 117 cm³/mol. The minimum absolute atomic E-state index is 0.0000854. The van der Waals surface area contributed by atoms with E-state index in [9.17, 15) is 23.9 Å². The molecule has 4 rings (SSSR count). The van der Waals surface area contributed by atoms with E-state index in [-0.39, 0.29) is 33.5 Å². The molecular formula is C23H17FN2O6S. The first-order valence-electron chi connectivity index (χ1n) is 9.69. The monoisotopic (exact) mass is 468 g/mol. The average molecular weight is 468 g/mol. The summed E-state index contributed by atoms with van der Waals surface area (Å²) in [6, 6.07) is 6.79. The first-order valence-corrected chi connectivity index (χ1v) is 10.5. The molecule has 168 valence electrons. The average Bonchev–Trinajstić information content (AvgIpc) is 3.51. The van der Waals surface area contributed by atoms with Gasteiger partial charge in [-0.05, 0) is 43.3 Å². The van der Waals surface area contributed by atoms with E-state index < -0.39 is 35.3 Å². The maximum absolute atomic E-state index is 13.3. The number of carbonyl (C=O) groups excluding carboxylic acids is 3. The van der Waals surface area contributed by atoms with E-state index in [1.165, 1.54) is 24.5 Å². The Labute approximate surface area is 191 Å². The van der Waals surface area contributed by atoms with Gasteiger partial charge >= 0.3 is 11.9 Å². The van der Waals surface area contributed by atoms with Gasteiger partial charge in [0.15, 0.2) is 5.13 Å². The zero-order valence-electron chi connectivity index (χ0n) is 17.3. The summed E-state index contributed by atoms with van der Waals surface area (Å²) in [7, 11) is 0. The van der Waals surface area contributed by atoms with Crippen LogP contribution in [0.3, 0.4) is 0 Å². The number of hydrogen-bond donors (Lipinski definition) is 1. The molecule has 0 aliphatic carbocycles. The summed E-state index contributed by atoms with van der Waals surface area (Å²) in [5.41, 5.74) is 0.211. The lowest BCUT2D eigenvalue weighted by atomic mass is 9.99. The number of benzene rings is 1. The zero-order chi connectivity index (χ0) is 23.7. The molecule has 0 radical (unpaired) electrons. The minimum Gasteiger partial charge on any atom is -0.507 e. The zero-order valence-corrected chi connectivity index (χ0v) is 18.1. The van der Waals surface area contributed by atoms with Crippen molar-refractivity contribution in [3.8, 4) is 0 Å². The highest BCUT2D eigenvalue weighted by Gasteiger charge is 2.49. The number of Topliss-reactive ketones (excluding diaryl/α,β-unsaturated/α-hetero) is 1. The maximum Gasteiger partial charge on any atom is 0.350 e. The number of halogens is 1. The normalized spacial score (nSPS) is 17.4. The highest BCUT2D eigenvalue weighted by molar-refractivity contribution is 7.17. The summed E-state index contributed by atoms with van der Waals surface area (Å²) in [6.45, 7) is 5.06. The molecule has 2 aromatic heterocycles. The molecule has 1 aliphatic rings. The Bertz CT molecular complexity index is 1280. The fourth-order valence-electron chi connectivity index (χ4n) is 3.38. The van der Waals surface area contributed by atoms with Gasteiger partial charge in [0.25, 0.3) is 5.78 Å². The molecule has 3 aromatic rings. The van der Waals surface area contributed by atoms with Crippen molar-refractivity contribution in [1.29, 1.82) is 0 Å². The van der Waals surface area contributed by atoms with Crippen molar-refractivity contribution in [2.24, 2.45) is 0 Å². The third kappa shape index (κ3) is 3.96. The van der Waals surface area contributed by atoms with Crippen LogP contribution in [0.15, 0.2) is 65.3 Å². The number of amides is 1. The standard InChI is InChI=1S/C23H17FN2O6S/c1-3-10-32-22(30)20-12(2)25-23(33-20)26-17(15-5-4-11-31-15)16(19(28)21(26)29)18(27)13-6-8-14(24)9-7-13/h3-9,11,17,27H,1,10H2,2H3/b18-16+. The van der Waals surface area contributed by atoms with Gasteiger partial charge in [-0.15, -0.1) is 0 Å². The summed E-state index contributed by atoms with van der Waals surface area (Å²) in [6.07, 6.45) is 2.78. The number of furan rings is 1. The second kappa shape index (κ2) is 8.83. The quantitative estimate of drug-likeness (QED) is 0.190. The van der Waals surface area contributed by atoms with Crippen molar-refractivity contribution in [3.05, 3.63) is 88.6 Å². The van der Waals surface area contributed by atoms with Crippen LogP contribution in [0.4, 0.5) is 9.52 Å². The lowest BCUT2D eigenvalue weighted by Gasteiger charge is -2.20. The van der Waals surface area contributed by atoms with E-state index in [2.05, 4.69) is 11.6 Å². The fraction of sp³-hybridized carbons (Fsp3) is 0.130. The molecule has 0 spiro atoms. The van der Waals surface area contributed by atoms with Gasteiger partial charge in [0.05, 0.1) is 17.5 Å². The second-order valence-electron chi connectivity index (χ2n) is 6.99. The van der Waals surface area contributed by atoms with Crippen molar-refractivity contribution >= 4 is 39.9 Å². The molecular weight excluding hydrogens is 451 g/mol. The fourth-order valence-corrected chi connectivity index (χ4v) is 4.37. The van der Waals surface area contributed by atoms with Gasteiger partial charge in [-0.1, -0.05) is 24.0 Å². The number of ketones is 1.